The lowest BCUT2D eigenvalue weighted by Gasteiger charge is -2.06. The van der Waals surface area contributed by atoms with Crippen LogP contribution in [0, 0.1) is 6.92 Å². The van der Waals surface area contributed by atoms with E-state index in [9.17, 15) is 4.79 Å². The number of aromatic nitrogens is 3. The fourth-order valence-corrected chi connectivity index (χ4v) is 2.61. The van der Waals surface area contributed by atoms with E-state index in [1.165, 1.54) is 0 Å². The molecule has 0 fully saturated rings. The molecular weight excluding hydrogens is 296 g/mol. The molecule has 6 heteroatoms. The van der Waals surface area contributed by atoms with Gasteiger partial charge in [-0.25, -0.2) is 9.50 Å². The Bertz CT molecular complexity index is 814. The van der Waals surface area contributed by atoms with Crippen LogP contribution in [0.15, 0.2) is 47.5 Å². The average Bonchev–Trinajstić information content (AvgIpc) is 2.87. The Morgan fingerprint density at radius 1 is 1.23 bits per heavy atom. The third-order valence-electron chi connectivity index (χ3n) is 3.41. The molecule has 1 N–H and O–H groups in total. The number of aryl methyl sites for hydroxylation is 1. The molecule has 3 rings (SSSR count). The molecule has 2 heterocycles. The van der Waals surface area contributed by atoms with Gasteiger partial charge in [0.05, 0.1) is 17.9 Å². The van der Waals surface area contributed by atoms with Crippen molar-refractivity contribution in [3.8, 4) is 0 Å². The van der Waals surface area contributed by atoms with E-state index in [2.05, 4.69) is 15.4 Å². The summed E-state index contributed by atoms with van der Waals surface area (Å²) in [5.41, 5.74) is 3.21. The van der Waals surface area contributed by atoms with Gasteiger partial charge < -0.3 is 5.32 Å². The molecule has 2 aromatic heterocycles. The van der Waals surface area contributed by atoms with E-state index >= 15 is 0 Å². The molecule has 22 heavy (non-hydrogen) atoms. The van der Waals surface area contributed by atoms with Gasteiger partial charge in [0.25, 0.3) is 5.91 Å². The average molecular weight is 312 g/mol. The lowest BCUT2D eigenvalue weighted by Crippen LogP contribution is -2.24. The van der Waals surface area contributed by atoms with Crippen molar-refractivity contribution in [1.29, 1.82) is 0 Å². The summed E-state index contributed by atoms with van der Waals surface area (Å²) >= 11 is 1.58. The van der Waals surface area contributed by atoms with Crippen molar-refractivity contribution in [2.24, 2.45) is 0 Å². The number of nitrogens with zero attached hydrogens (tertiary/aromatic N) is 3. The quantitative estimate of drug-likeness (QED) is 0.753. The molecule has 0 saturated heterocycles. The second-order valence-corrected chi connectivity index (χ2v) is 5.66. The molecule has 0 unspecified atom stereocenters. The zero-order valence-corrected chi connectivity index (χ0v) is 13.2. The Hall–Kier alpha value is -2.34. The normalized spacial score (nSPS) is 10.8. The monoisotopic (exact) mass is 312 g/mol. The summed E-state index contributed by atoms with van der Waals surface area (Å²) in [5.74, 6) is -0.101. The summed E-state index contributed by atoms with van der Waals surface area (Å²) in [5, 5.41) is 8.37. The molecule has 1 amide bonds. The molecule has 5 nitrogen and oxygen atoms in total. The number of hydrogen-bond acceptors (Lipinski definition) is 4. The first kappa shape index (κ1) is 14.6. The van der Waals surface area contributed by atoms with Crippen LogP contribution in [-0.4, -0.2) is 26.8 Å². The molecule has 0 radical (unpaired) electrons. The second-order valence-electron chi connectivity index (χ2n) is 4.84. The van der Waals surface area contributed by atoms with E-state index in [0.717, 1.165) is 22.1 Å². The molecule has 0 saturated carbocycles. The number of hydrogen-bond donors (Lipinski definition) is 1. The summed E-state index contributed by atoms with van der Waals surface area (Å²) in [4.78, 5) is 16.6. The summed E-state index contributed by atoms with van der Waals surface area (Å²) in [6, 6.07) is 13.1. The number of carbonyl (C=O) groups is 1. The van der Waals surface area contributed by atoms with E-state index in [-0.39, 0.29) is 5.91 Å². The van der Waals surface area contributed by atoms with Gasteiger partial charge in [-0.05, 0) is 37.4 Å². The molecule has 0 atom stereocenters. The van der Waals surface area contributed by atoms with Crippen LogP contribution in [0.2, 0.25) is 0 Å². The summed E-state index contributed by atoms with van der Waals surface area (Å²) in [6.07, 6.45) is 1.98. The van der Waals surface area contributed by atoms with Gasteiger partial charge in [-0.15, -0.1) is 11.8 Å². The number of carbonyl (C=O) groups excluding carboxylic acids is 1. The Morgan fingerprint density at radius 3 is 2.73 bits per heavy atom. The fraction of sp³-hybridized carbons (Fsp3) is 0.188. The van der Waals surface area contributed by atoms with Gasteiger partial charge in [0, 0.05) is 5.56 Å². The molecule has 0 aliphatic heterocycles. The minimum absolute atomic E-state index is 0.101. The van der Waals surface area contributed by atoms with Gasteiger partial charge in [-0.2, -0.15) is 5.10 Å². The summed E-state index contributed by atoms with van der Waals surface area (Å²) in [7, 11) is 0. The predicted molar refractivity (Wildman–Crippen MR) is 87.1 cm³/mol. The number of rotatable bonds is 4. The summed E-state index contributed by atoms with van der Waals surface area (Å²) in [6.45, 7) is 2.32. The van der Waals surface area contributed by atoms with Crippen molar-refractivity contribution in [2.45, 2.75) is 18.5 Å². The topological polar surface area (TPSA) is 59.3 Å². The largest absolute Gasteiger partial charge is 0.346 e. The van der Waals surface area contributed by atoms with Crippen molar-refractivity contribution >= 4 is 23.3 Å². The third-order valence-corrected chi connectivity index (χ3v) is 4.04. The number of amides is 1. The van der Waals surface area contributed by atoms with Crippen LogP contribution in [0.1, 0.15) is 21.7 Å². The lowest BCUT2D eigenvalue weighted by atomic mass is 10.2. The first-order valence-electron chi connectivity index (χ1n) is 6.91. The number of fused-ring (bicyclic) bond motifs is 1. The van der Waals surface area contributed by atoms with Crippen molar-refractivity contribution in [1.82, 2.24) is 19.9 Å². The van der Waals surface area contributed by atoms with E-state index < -0.39 is 0 Å². The van der Waals surface area contributed by atoms with Gasteiger partial charge in [-0.3, -0.25) is 4.79 Å². The van der Waals surface area contributed by atoms with E-state index in [0.29, 0.717) is 12.1 Å². The lowest BCUT2D eigenvalue weighted by molar-refractivity contribution is 0.0950. The first-order chi connectivity index (χ1) is 10.7. The smallest absolute Gasteiger partial charge is 0.251 e. The highest BCUT2D eigenvalue weighted by Crippen LogP contribution is 2.15. The van der Waals surface area contributed by atoms with Gasteiger partial charge in [-0.1, -0.05) is 18.2 Å². The van der Waals surface area contributed by atoms with Crippen LogP contribution in [0.25, 0.3) is 5.65 Å². The first-order valence-corrected chi connectivity index (χ1v) is 8.14. The number of nitrogens with one attached hydrogen (secondary N) is 1. The SMILES string of the molecule is CSc1ccc2nc(C)c(CNC(=O)c3ccccc3)n2n1. The highest BCUT2D eigenvalue weighted by Gasteiger charge is 2.12. The zero-order valence-electron chi connectivity index (χ0n) is 12.4. The van der Waals surface area contributed by atoms with Crippen LogP contribution in [0.4, 0.5) is 0 Å². The minimum Gasteiger partial charge on any atom is -0.346 e. The molecule has 0 aliphatic rings. The maximum atomic E-state index is 12.1. The van der Waals surface area contributed by atoms with Crippen LogP contribution in [0.3, 0.4) is 0 Å². The van der Waals surface area contributed by atoms with Crippen molar-refractivity contribution in [2.75, 3.05) is 6.26 Å². The van der Waals surface area contributed by atoms with E-state index in [1.807, 2.05) is 43.5 Å². The Kier molecular flexibility index (Phi) is 4.11. The van der Waals surface area contributed by atoms with Crippen molar-refractivity contribution in [3.63, 3.8) is 0 Å². The molecule has 1 aromatic carbocycles. The van der Waals surface area contributed by atoms with Gasteiger partial charge in [0.2, 0.25) is 0 Å². The van der Waals surface area contributed by atoms with Crippen LogP contribution < -0.4 is 5.32 Å². The highest BCUT2D eigenvalue weighted by atomic mass is 32.2. The minimum atomic E-state index is -0.101. The van der Waals surface area contributed by atoms with Gasteiger partial charge >= 0.3 is 0 Å². The molecular formula is C16H16N4OS. The van der Waals surface area contributed by atoms with Crippen molar-refractivity contribution in [3.05, 3.63) is 59.4 Å². The number of imidazole rings is 1. The van der Waals surface area contributed by atoms with Crippen molar-refractivity contribution < 1.29 is 4.79 Å². The fourth-order valence-electron chi connectivity index (χ4n) is 2.24. The van der Waals surface area contributed by atoms with Crippen LogP contribution >= 0.6 is 11.8 Å². The van der Waals surface area contributed by atoms with Crippen LogP contribution in [-0.2, 0) is 6.54 Å². The van der Waals surface area contributed by atoms with E-state index in [4.69, 9.17) is 0 Å². The Morgan fingerprint density at radius 2 is 2.00 bits per heavy atom. The predicted octanol–water partition coefficient (Wildman–Crippen LogP) is 2.69. The van der Waals surface area contributed by atoms with E-state index in [1.54, 1.807) is 28.4 Å². The Balaban J connectivity index is 1.84. The zero-order chi connectivity index (χ0) is 15.5. The molecule has 3 aromatic rings. The third kappa shape index (κ3) is 2.82. The number of thioether (sulfide) groups is 1. The maximum absolute atomic E-state index is 12.1. The van der Waals surface area contributed by atoms with Crippen LogP contribution in [0.5, 0.6) is 0 Å². The number of benzene rings is 1. The summed E-state index contributed by atoms with van der Waals surface area (Å²) < 4.78 is 1.80. The molecule has 112 valence electrons. The molecule has 0 bridgehead atoms. The molecule has 0 aliphatic carbocycles. The van der Waals surface area contributed by atoms with Gasteiger partial charge in [0.15, 0.2) is 5.65 Å². The molecule has 0 spiro atoms. The highest BCUT2D eigenvalue weighted by molar-refractivity contribution is 7.98. The second kappa shape index (κ2) is 6.19. The Labute approximate surface area is 132 Å². The maximum Gasteiger partial charge on any atom is 0.251 e. The van der Waals surface area contributed by atoms with Gasteiger partial charge in [0.1, 0.15) is 5.03 Å². The standard InChI is InChI=1S/C16H16N4OS/c1-11-13(10-17-16(21)12-6-4-3-5-7-12)20-14(18-11)8-9-15(19-20)22-2/h3-9H,10H2,1-2H3,(H,17,21).